The van der Waals surface area contributed by atoms with E-state index in [1.54, 1.807) is 23.7 Å². The van der Waals surface area contributed by atoms with E-state index in [9.17, 15) is 0 Å². The summed E-state index contributed by atoms with van der Waals surface area (Å²) in [5.41, 5.74) is 11.3. The van der Waals surface area contributed by atoms with E-state index in [0.717, 1.165) is 47.3 Å². The lowest BCUT2D eigenvalue weighted by Crippen LogP contribution is -2.30. The zero-order valence-corrected chi connectivity index (χ0v) is 25.7. The Hall–Kier alpha value is -4.14. The second-order valence-corrected chi connectivity index (χ2v) is 13.2. The number of nitrogens with zero attached hydrogens (tertiary/aromatic N) is 2. The Morgan fingerprint density at radius 1 is 1.00 bits per heavy atom. The Kier molecular flexibility index (Phi) is 7.75. The average molecular weight is 596 g/mol. The van der Waals surface area contributed by atoms with Crippen LogP contribution in [0.15, 0.2) is 90.2 Å². The van der Waals surface area contributed by atoms with Crippen LogP contribution >= 0.6 is 11.3 Å². The number of aromatic nitrogens is 2. The van der Waals surface area contributed by atoms with Gasteiger partial charge in [0.05, 0.1) is 12.2 Å². The molecule has 43 heavy (non-hydrogen) atoms. The van der Waals surface area contributed by atoms with Gasteiger partial charge in [0.2, 0.25) is 0 Å². The van der Waals surface area contributed by atoms with Crippen LogP contribution in [0.2, 0.25) is 0 Å². The van der Waals surface area contributed by atoms with Crippen LogP contribution in [0.4, 0.5) is 4.39 Å². The van der Waals surface area contributed by atoms with Gasteiger partial charge in [0.25, 0.3) is 0 Å². The van der Waals surface area contributed by atoms with Crippen LogP contribution in [0.3, 0.4) is 0 Å². The molecule has 0 radical (unpaired) electrons. The summed E-state index contributed by atoms with van der Waals surface area (Å²) in [4.78, 5) is 8.28. The molecule has 2 aromatic heterocycles. The van der Waals surface area contributed by atoms with Gasteiger partial charge in [-0.1, -0.05) is 69.2 Å². The Morgan fingerprint density at radius 2 is 1.79 bits per heavy atom. The second kappa shape index (κ2) is 11.5. The van der Waals surface area contributed by atoms with Crippen LogP contribution in [-0.2, 0) is 12.0 Å². The molecule has 5 aromatic rings. The average Bonchev–Trinajstić information content (AvgIpc) is 3.68. The van der Waals surface area contributed by atoms with Gasteiger partial charge in [0.1, 0.15) is 10.8 Å². The molecule has 1 atom stereocenters. The highest BCUT2D eigenvalue weighted by Crippen LogP contribution is 2.41. The smallest absolute Gasteiger partial charge is 0.168 e. The van der Waals surface area contributed by atoms with Crippen LogP contribution in [0.5, 0.6) is 11.5 Å². The number of halogens is 1. The lowest BCUT2D eigenvalue weighted by atomic mass is 9.75. The fraction of sp³-hybridized carbons (Fsp3) is 0.286. The van der Waals surface area contributed by atoms with E-state index in [-0.39, 0.29) is 23.1 Å². The second-order valence-electron chi connectivity index (χ2n) is 12.3. The minimum atomic E-state index is -0.470. The van der Waals surface area contributed by atoms with E-state index in [4.69, 9.17) is 21.3 Å². The molecule has 1 unspecified atom stereocenters. The van der Waals surface area contributed by atoms with E-state index in [1.807, 2.05) is 30.3 Å². The van der Waals surface area contributed by atoms with Crippen molar-refractivity contribution in [2.24, 2.45) is 17.0 Å². The molecule has 6 rings (SSSR count). The van der Waals surface area contributed by atoms with Gasteiger partial charge in [-0.05, 0) is 43.5 Å². The summed E-state index contributed by atoms with van der Waals surface area (Å²) in [6.07, 6.45) is 7.43. The van der Waals surface area contributed by atoms with Crippen molar-refractivity contribution >= 4 is 22.2 Å². The third-order valence-corrected chi connectivity index (χ3v) is 9.69. The molecule has 0 aliphatic carbocycles. The van der Waals surface area contributed by atoms with E-state index in [1.165, 1.54) is 16.6 Å². The van der Waals surface area contributed by atoms with Crippen molar-refractivity contribution in [2.45, 2.75) is 58.4 Å². The summed E-state index contributed by atoms with van der Waals surface area (Å²) in [6.45, 7) is 6.79. The van der Waals surface area contributed by atoms with Crippen LogP contribution in [-0.4, -0.2) is 15.0 Å². The van der Waals surface area contributed by atoms with E-state index in [2.05, 4.69) is 61.5 Å². The number of aromatic amines is 1. The van der Waals surface area contributed by atoms with E-state index in [0.29, 0.717) is 22.5 Å². The first kappa shape index (κ1) is 29.0. The van der Waals surface area contributed by atoms with E-state index < -0.39 is 5.82 Å². The predicted octanol–water partition coefficient (Wildman–Crippen LogP) is 8.60. The van der Waals surface area contributed by atoms with Crippen molar-refractivity contribution < 1.29 is 9.13 Å². The Bertz CT molecular complexity index is 1780. The van der Waals surface area contributed by atoms with Gasteiger partial charge in [0, 0.05) is 62.4 Å². The van der Waals surface area contributed by atoms with Crippen LogP contribution in [0.25, 0.3) is 21.5 Å². The number of allylic oxidation sites excluding steroid dienone is 1. The number of hydrogen-bond acceptors (Lipinski definition) is 6. The maximum atomic E-state index is 15.6. The number of hydrogen-bond donors (Lipinski definition) is 3. The summed E-state index contributed by atoms with van der Waals surface area (Å²) in [5.74, 6) is 6.70. The summed E-state index contributed by atoms with van der Waals surface area (Å²) < 4.78 is 21.9. The molecule has 222 valence electrons. The maximum absolute atomic E-state index is 15.6. The lowest BCUT2D eigenvalue weighted by Gasteiger charge is -2.30. The van der Waals surface area contributed by atoms with Crippen LogP contribution in [0, 0.1) is 11.2 Å². The highest BCUT2D eigenvalue weighted by molar-refractivity contribution is 7.13. The number of benzene rings is 3. The summed E-state index contributed by atoms with van der Waals surface area (Å²) in [7, 11) is 0. The molecule has 3 heterocycles. The van der Waals surface area contributed by atoms with Gasteiger partial charge in [-0.2, -0.15) is 0 Å². The van der Waals surface area contributed by atoms with Crippen molar-refractivity contribution in [3.8, 4) is 22.1 Å². The summed E-state index contributed by atoms with van der Waals surface area (Å²) in [5, 5.41) is 5.43. The minimum Gasteiger partial charge on any atom is -0.454 e. The quantitative estimate of drug-likeness (QED) is 0.169. The predicted molar refractivity (Wildman–Crippen MR) is 173 cm³/mol. The SMILES string of the molecule is CC1(C)CCCCC(C)(c2ccccc2)c2csc(n2)-c2cccc(c2)Oc2c(F)cc3[nH]ccc3c2CN(N)/C=C/1N. The standard InChI is InChI=1S/C35H38FN5OS/c1-34(2)15-7-8-16-35(3,24-11-5-4-6-12-24)31-22-43-33(40-31)23-10-9-13-25(18-23)42-32-27(20-41(38)21-30(34)37)26-14-17-39-29(26)19-28(32)36/h4-6,9-14,17-19,21-22,39H,7-8,15-16,20,37-38H2,1-3H3/b30-21-. The Balaban J connectivity index is 1.47. The zero-order valence-electron chi connectivity index (χ0n) is 24.9. The first-order valence-corrected chi connectivity index (χ1v) is 15.6. The third kappa shape index (κ3) is 5.77. The number of nitrogens with one attached hydrogen (secondary N) is 1. The molecule has 1 aliphatic heterocycles. The van der Waals surface area contributed by atoms with Crippen molar-refractivity contribution in [3.63, 3.8) is 0 Å². The zero-order chi connectivity index (χ0) is 30.2. The molecule has 0 saturated heterocycles. The fourth-order valence-corrected chi connectivity index (χ4v) is 6.91. The summed E-state index contributed by atoms with van der Waals surface area (Å²) >= 11 is 1.62. The molecule has 4 bridgehead atoms. The maximum Gasteiger partial charge on any atom is 0.168 e. The van der Waals surface area contributed by atoms with Crippen LogP contribution in [0.1, 0.15) is 63.3 Å². The number of ether oxygens (including phenoxy) is 1. The highest BCUT2D eigenvalue weighted by atomic mass is 32.1. The summed E-state index contributed by atoms with van der Waals surface area (Å²) in [6, 6.07) is 21.7. The Morgan fingerprint density at radius 3 is 2.60 bits per heavy atom. The van der Waals surface area contributed by atoms with Crippen molar-refractivity contribution in [1.29, 1.82) is 0 Å². The van der Waals surface area contributed by atoms with E-state index >= 15 is 4.39 Å². The van der Waals surface area contributed by atoms with Gasteiger partial charge in [-0.3, -0.25) is 0 Å². The number of hydrazine groups is 1. The highest BCUT2D eigenvalue weighted by Gasteiger charge is 2.32. The molecule has 3 aromatic carbocycles. The lowest BCUT2D eigenvalue weighted by molar-refractivity contribution is 0.333. The van der Waals surface area contributed by atoms with Gasteiger partial charge in [-0.25, -0.2) is 15.2 Å². The third-order valence-electron chi connectivity index (χ3n) is 8.80. The number of H-pyrrole nitrogens is 1. The number of fused-ring (bicyclic) bond motifs is 8. The largest absolute Gasteiger partial charge is 0.454 e. The molecule has 0 fully saturated rings. The first-order chi connectivity index (χ1) is 20.6. The van der Waals surface area contributed by atoms with Gasteiger partial charge >= 0.3 is 0 Å². The molecule has 6 nitrogen and oxygen atoms in total. The van der Waals surface area contributed by atoms with Crippen molar-refractivity contribution in [1.82, 2.24) is 15.0 Å². The van der Waals surface area contributed by atoms with Gasteiger partial charge in [0.15, 0.2) is 11.6 Å². The molecule has 1 aliphatic rings. The topological polar surface area (TPSA) is 93.2 Å². The molecule has 8 heteroatoms. The van der Waals surface area contributed by atoms with Gasteiger partial charge < -0.3 is 20.5 Å². The number of thiazole rings is 1. The minimum absolute atomic E-state index is 0.139. The number of nitrogens with two attached hydrogens (primary N) is 2. The van der Waals surface area contributed by atoms with Gasteiger partial charge in [-0.15, -0.1) is 11.3 Å². The number of rotatable bonds is 1. The van der Waals surface area contributed by atoms with Crippen molar-refractivity contribution in [2.75, 3.05) is 0 Å². The normalized spacial score (nSPS) is 20.7. The van der Waals surface area contributed by atoms with Crippen LogP contribution < -0.4 is 16.3 Å². The molecule has 5 N–H and O–H groups in total. The first-order valence-electron chi connectivity index (χ1n) is 14.7. The molecule has 0 amide bonds. The Labute approximate surface area is 256 Å². The molecular weight excluding hydrogens is 557 g/mol. The molecular formula is C35H38FN5OS. The fourth-order valence-electron chi connectivity index (χ4n) is 5.96. The molecule has 0 saturated carbocycles. The molecule has 0 spiro atoms. The van der Waals surface area contributed by atoms with Crippen molar-refractivity contribution in [3.05, 3.63) is 113 Å². The monoisotopic (exact) mass is 595 g/mol.